The first-order chi connectivity index (χ1) is 15.8. The van der Waals surface area contributed by atoms with Crippen LogP contribution in [0.4, 0.5) is 5.69 Å². The van der Waals surface area contributed by atoms with Gasteiger partial charge in [-0.3, -0.25) is 19.3 Å². The van der Waals surface area contributed by atoms with E-state index in [1.54, 1.807) is 0 Å². The van der Waals surface area contributed by atoms with Crippen LogP contribution in [0.3, 0.4) is 0 Å². The number of nitrogens with zero attached hydrogens (tertiary/aromatic N) is 1. The second kappa shape index (κ2) is 8.91. The highest BCUT2D eigenvalue weighted by Crippen LogP contribution is 2.34. The monoisotopic (exact) mass is 454 g/mol. The number of anilines is 1. The van der Waals surface area contributed by atoms with Crippen LogP contribution in [0.25, 0.3) is 0 Å². The van der Waals surface area contributed by atoms with Crippen molar-refractivity contribution in [2.45, 2.75) is 18.9 Å². The van der Waals surface area contributed by atoms with E-state index < -0.39 is 23.7 Å². The van der Waals surface area contributed by atoms with Crippen LogP contribution in [0.2, 0.25) is 0 Å². The number of carboxylic acid groups (broad SMARTS) is 1. The first kappa shape index (κ1) is 22.3. The van der Waals surface area contributed by atoms with Gasteiger partial charge in [-0.2, -0.15) is 0 Å². The summed E-state index contributed by atoms with van der Waals surface area (Å²) in [6.07, 6.45) is 1.47. The number of aromatic carboxylic acids is 1. The maximum Gasteiger partial charge on any atom is 0.337 e. The maximum atomic E-state index is 12.9. The van der Waals surface area contributed by atoms with Gasteiger partial charge in [-0.05, 0) is 31.0 Å². The predicted molar refractivity (Wildman–Crippen MR) is 115 cm³/mol. The third-order valence-electron chi connectivity index (χ3n) is 5.65. The minimum Gasteiger partial charge on any atom is -0.493 e. The van der Waals surface area contributed by atoms with Crippen LogP contribution in [-0.4, -0.2) is 67.2 Å². The van der Waals surface area contributed by atoms with Gasteiger partial charge in [-0.1, -0.05) is 0 Å². The third-order valence-corrected chi connectivity index (χ3v) is 5.65. The Morgan fingerprint density at radius 3 is 2.42 bits per heavy atom. The van der Waals surface area contributed by atoms with E-state index in [1.807, 2.05) is 0 Å². The van der Waals surface area contributed by atoms with Crippen LogP contribution < -0.4 is 14.8 Å². The number of carbonyl (C=O) groups excluding carboxylic acids is 3. The molecule has 0 bridgehead atoms. The SMILES string of the molecule is COc1cc(NC(=O)c2ccc3c(c2)C(=O)N(C[C@H]2CCCO2)C3=O)c(C(=O)O)cc1OC. The number of hydrogen-bond donors (Lipinski definition) is 2. The molecule has 0 aromatic heterocycles. The van der Waals surface area contributed by atoms with Gasteiger partial charge < -0.3 is 24.6 Å². The Kier molecular flexibility index (Phi) is 6.01. The van der Waals surface area contributed by atoms with Gasteiger partial charge in [0.2, 0.25) is 0 Å². The van der Waals surface area contributed by atoms with Crippen molar-refractivity contribution in [3.05, 3.63) is 52.6 Å². The minimum atomic E-state index is -1.27. The van der Waals surface area contributed by atoms with Crippen molar-refractivity contribution in [3.63, 3.8) is 0 Å². The van der Waals surface area contributed by atoms with Gasteiger partial charge in [0.25, 0.3) is 17.7 Å². The van der Waals surface area contributed by atoms with Gasteiger partial charge in [-0.15, -0.1) is 0 Å². The van der Waals surface area contributed by atoms with Crippen molar-refractivity contribution in [2.24, 2.45) is 0 Å². The molecular formula is C23H22N2O8. The summed E-state index contributed by atoms with van der Waals surface area (Å²) >= 11 is 0. The van der Waals surface area contributed by atoms with Gasteiger partial charge in [0.1, 0.15) is 0 Å². The summed E-state index contributed by atoms with van der Waals surface area (Å²) in [5.74, 6) is -2.41. The normalized spacial score (nSPS) is 17.2. The highest BCUT2D eigenvalue weighted by Gasteiger charge is 2.38. The van der Waals surface area contributed by atoms with Gasteiger partial charge in [0.05, 0.1) is 49.2 Å². The third kappa shape index (κ3) is 4.12. The van der Waals surface area contributed by atoms with E-state index in [9.17, 15) is 24.3 Å². The first-order valence-corrected chi connectivity index (χ1v) is 10.3. The molecule has 2 N–H and O–H groups in total. The Morgan fingerprint density at radius 1 is 1.09 bits per heavy atom. The number of rotatable bonds is 7. The lowest BCUT2D eigenvalue weighted by atomic mass is 10.0. The molecule has 0 saturated carbocycles. The van der Waals surface area contributed by atoms with Gasteiger partial charge >= 0.3 is 5.97 Å². The summed E-state index contributed by atoms with van der Waals surface area (Å²) in [7, 11) is 2.75. The van der Waals surface area contributed by atoms with E-state index in [0.717, 1.165) is 17.7 Å². The molecule has 1 atom stereocenters. The molecule has 0 radical (unpaired) electrons. The standard InChI is InChI=1S/C23H22N2O8/c1-31-18-9-16(23(29)30)17(10-19(18)32-2)24-20(26)12-5-6-14-15(8-12)22(28)25(21(14)27)11-13-4-3-7-33-13/h5-6,8-10,13H,3-4,7,11H2,1-2H3,(H,24,26)(H,29,30)/t13-/m1/s1. The van der Waals surface area contributed by atoms with Crippen LogP contribution in [0, 0.1) is 0 Å². The fraction of sp³-hybridized carbons (Fsp3) is 0.304. The smallest absolute Gasteiger partial charge is 0.337 e. The van der Waals surface area contributed by atoms with Crippen LogP contribution >= 0.6 is 0 Å². The summed E-state index contributed by atoms with van der Waals surface area (Å²) < 4.78 is 15.8. The van der Waals surface area contributed by atoms with Crippen molar-refractivity contribution in [3.8, 4) is 11.5 Å². The van der Waals surface area contributed by atoms with E-state index in [2.05, 4.69) is 5.32 Å². The molecule has 2 aromatic carbocycles. The van der Waals surface area contributed by atoms with Crippen molar-refractivity contribution in [2.75, 3.05) is 32.7 Å². The Labute approximate surface area is 189 Å². The Balaban J connectivity index is 1.59. The molecule has 4 rings (SSSR count). The lowest BCUT2D eigenvalue weighted by molar-refractivity contribution is 0.0475. The number of hydrogen-bond acceptors (Lipinski definition) is 7. The molecule has 1 fully saturated rings. The number of carboxylic acids is 1. The number of fused-ring (bicyclic) bond motifs is 1. The molecule has 10 nitrogen and oxygen atoms in total. The van der Waals surface area contributed by atoms with Crippen molar-refractivity contribution >= 4 is 29.4 Å². The number of carbonyl (C=O) groups is 4. The zero-order chi connectivity index (χ0) is 23.7. The largest absolute Gasteiger partial charge is 0.493 e. The van der Waals surface area contributed by atoms with Crippen molar-refractivity contribution in [1.29, 1.82) is 0 Å². The molecule has 2 heterocycles. The Hall–Kier alpha value is -3.92. The topological polar surface area (TPSA) is 131 Å². The fourth-order valence-electron chi connectivity index (χ4n) is 3.94. The number of methoxy groups -OCH3 is 2. The molecule has 2 aliphatic rings. The van der Waals surface area contributed by atoms with Crippen LogP contribution in [0.5, 0.6) is 11.5 Å². The number of benzene rings is 2. The van der Waals surface area contributed by atoms with Crippen molar-refractivity contribution < 1.29 is 38.5 Å². The zero-order valence-electron chi connectivity index (χ0n) is 18.0. The quantitative estimate of drug-likeness (QED) is 0.610. The highest BCUT2D eigenvalue weighted by molar-refractivity contribution is 6.22. The van der Waals surface area contributed by atoms with Gasteiger partial charge in [0.15, 0.2) is 11.5 Å². The van der Waals surface area contributed by atoms with Gasteiger partial charge in [-0.25, -0.2) is 4.79 Å². The van der Waals surface area contributed by atoms with Gasteiger partial charge in [0, 0.05) is 24.3 Å². The van der Waals surface area contributed by atoms with E-state index in [0.29, 0.717) is 6.61 Å². The van der Waals surface area contributed by atoms with E-state index in [1.165, 1.54) is 44.6 Å². The maximum absolute atomic E-state index is 12.9. The second-order valence-corrected chi connectivity index (χ2v) is 7.63. The number of nitrogens with one attached hydrogen (secondary N) is 1. The minimum absolute atomic E-state index is 0.00643. The Morgan fingerprint density at radius 2 is 1.79 bits per heavy atom. The molecule has 0 aliphatic carbocycles. The molecule has 2 aromatic rings. The molecule has 33 heavy (non-hydrogen) atoms. The molecule has 10 heteroatoms. The van der Waals surface area contributed by atoms with Crippen LogP contribution in [0.1, 0.15) is 54.3 Å². The summed E-state index contributed by atoms with van der Waals surface area (Å²) in [6, 6.07) is 6.75. The first-order valence-electron chi connectivity index (χ1n) is 10.3. The predicted octanol–water partition coefficient (Wildman–Crippen LogP) is 2.43. The zero-order valence-corrected chi connectivity index (χ0v) is 18.0. The van der Waals surface area contributed by atoms with E-state index in [4.69, 9.17) is 14.2 Å². The summed E-state index contributed by atoms with van der Waals surface area (Å²) in [5.41, 5.74) is 0.229. The van der Waals surface area contributed by atoms with Crippen LogP contribution in [0.15, 0.2) is 30.3 Å². The summed E-state index contributed by atoms with van der Waals surface area (Å²) in [4.78, 5) is 51.2. The molecule has 2 aliphatic heterocycles. The molecule has 172 valence electrons. The molecule has 0 unspecified atom stereocenters. The number of ether oxygens (including phenoxy) is 3. The molecule has 3 amide bonds. The van der Waals surface area contributed by atoms with E-state index >= 15 is 0 Å². The lowest BCUT2D eigenvalue weighted by Crippen LogP contribution is -2.36. The summed E-state index contributed by atoms with van der Waals surface area (Å²) in [5, 5.41) is 12.1. The number of imide groups is 1. The molecular weight excluding hydrogens is 432 g/mol. The van der Waals surface area contributed by atoms with E-state index in [-0.39, 0.29) is 52.1 Å². The lowest BCUT2D eigenvalue weighted by Gasteiger charge is -2.17. The van der Waals surface area contributed by atoms with Crippen molar-refractivity contribution in [1.82, 2.24) is 4.90 Å². The number of amides is 3. The molecule has 0 spiro atoms. The van der Waals surface area contributed by atoms with Crippen LogP contribution in [-0.2, 0) is 4.74 Å². The summed E-state index contributed by atoms with van der Waals surface area (Å²) in [6.45, 7) is 0.772. The fourth-order valence-corrected chi connectivity index (χ4v) is 3.94. The highest BCUT2D eigenvalue weighted by atomic mass is 16.5. The average molecular weight is 454 g/mol. The molecule has 1 saturated heterocycles. The average Bonchev–Trinajstić information content (AvgIpc) is 3.41. The Bertz CT molecular complexity index is 1150. The second-order valence-electron chi connectivity index (χ2n) is 7.63.